The van der Waals surface area contributed by atoms with Gasteiger partial charge in [-0.1, -0.05) is 55.7 Å². The Morgan fingerprint density at radius 3 is 2.55 bits per heavy atom. The minimum Gasteiger partial charge on any atom is -0.497 e. The molecule has 0 unspecified atom stereocenters. The fraction of sp³-hybridized carbons (Fsp3) is 0.290. The third kappa shape index (κ3) is 5.57. The molecule has 7 heteroatoms. The number of fused-ring (bicyclic) bond motifs is 1. The zero-order valence-electron chi connectivity index (χ0n) is 21.5. The first-order chi connectivity index (χ1) is 18.5. The third-order valence-corrected chi connectivity index (χ3v) is 7.26. The average Bonchev–Trinajstić information content (AvgIpc) is 3.35. The molecular formula is C31H32FN3O3. The van der Waals surface area contributed by atoms with Crippen molar-refractivity contribution in [2.75, 3.05) is 12.0 Å². The summed E-state index contributed by atoms with van der Waals surface area (Å²) >= 11 is 0. The normalized spacial score (nSPS) is 14.7. The van der Waals surface area contributed by atoms with Crippen LogP contribution in [0.3, 0.4) is 0 Å². The Balaban J connectivity index is 1.57. The summed E-state index contributed by atoms with van der Waals surface area (Å²) in [7, 11) is 1.56. The first-order valence-corrected chi connectivity index (χ1v) is 13.1. The molecule has 0 spiro atoms. The highest BCUT2D eigenvalue weighted by molar-refractivity contribution is 6.03. The standard InChI is InChI=1S/C31H32FN3O3/c1-38-26-11-7-10-25(19-26)35(29(36)18-22-20-33-28-13-6-5-12-27(22)28)30(21-14-16-23(32)17-15-21)31(37)34-24-8-3-2-4-9-24/h5-7,10-17,19-20,24,30,33H,2-4,8-9,18H2,1H3,(H,34,37)/t30-/m0/s1. The largest absolute Gasteiger partial charge is 0.497 e. The summed E-state index contributed by atoms with van der Waals surface area (Å²) in [6.45, 7) is 0. The van der Waals surface area contributed by atoms with E-state index < -0.39 is 11.9 Å². The summed E-state index contributed by atoms with van der Waals surface area (Å²) in [5, 5.41) is 4.15. The molecule has 2 N–H and O–H groups in total. The Morgan fingerprint density at radius 1 is 1.03 bits per heavy atom. The molecule has 4 aromatic rings. The Hall–Kier alpha value is -4.13. The van der Waals surface area contributed by atoms with Crippen molar-refractivity contribution in [3.63, 3.8) is 0 Å². The Labute approximate surface area is 221 Å². The van der Waals surface area contributed by atoms with E-state index in [4.69, 9.17) is 4.74 Å². The highest BCUT2D eigenvalue weighted by atomic mass is 19.1. The molecule has 0 bridgehead atoms. The first kappa shape index (κ1) is 25.5. The molecule has 1 aromatic heterocycles. The molecule has 196 valence electrons. The van der Waals surface area contributed by atoms with Gasteiger partial charge in [0, 0.05) is 34.9 Å². The zero-order chi connectivity index (χ0) is 26.5. The predicted molar refractivity (Wildman–Crippen MR) is 147 cm³/mol. The number of amides is 2. The van der Waals surface area contributed by atoms with Crippen molar-refractivity contribution in [3.8, 4) is 5.75 Å². The van der Waals surface area contributed by atoms with Crippen LogP contribution in [0.1, 0.15) is 49.3 Å². The molecule has 3 aromatic carbocycles. The highest BCUT2D eigenvalue weighted by Gasteiger charge is 2.34. The summed E-state index contributed by atoms with van der Waals surface area (Å²) in [6.07, 6.45) is 7.01. The summed E-state index contributed by atoms with van der Waals surface area (Å²) in [5.74, 6) is -0.370. The first-order valence-electron chi connectivity index (χ1n) is 13.1. The molecule has 1 aliphatic carbocycles. The van der Waals surface area contributed by atoms with Crippen LogP contribution in [0.15, 0.2) is 79.0 Å². The fourth-order valence-electron chi connectivity index (χ4n) is 5.31. The monoisotopic (exact) mass is 513 g/mol. The SMILES string of the molecule is COc1cccc(N(C(=O)Cc2c[nH]c3ccccc23)[C@H](C(=O)NC2CCCCC2)c2ccc(F)cc2)c1. The van der Waals surface area contributed by atoms with Crippen molar-refractivity contribution < 1.29 is 18.7 Å². The number of aromatic amines is 1. The van der Waals surface area contributed by atoms with Gasteiger partial charge in [-0.3, -0.25) is 14.5 Å². The lowest BCUT2D eigenvalue weighted by molar-refractivity contribution is -0.127. The Bertz CT molecular complexity index is 1410. The number of hydrogen-bond donors (Lipinski definition) is 2. The highest BCUT2D eigenvalue weighted by Crippen LogP contribution is 2.32. The van der Waals surface area contributed by atoms with Gasteiger partial charge in [-0.05, 0) is 54.3 Å². The number of carbonyl (C=O) groups excluding carboxylic acids is 2. The Morgan fingerprint density at radius 2 is 1.79 bits per heavy atom. The molecule has 1 aliphatic rings. The van der Waals surface area contributed by atoms with Gasteiger partial charge >= 0.3 is 0 Å². The predicted octanol–water partition coefficient (Wildman–Crippen LogP) is 6.08. The van der Waals surface area contributed by atoms with E-state index in [9.17, 15) is 14.0 Å². The van der Waals surface area contributed by atoms with Gasteiger partial charge < -0.3 is 15.0 Å². The number of hydrogen-bond acceptors (Lipinski definition) is 3. The molecule has 1 fully saturated rings. The quantitative estimate of drug-likeness (QED) is 0.300. The second kappa shape index (κ2) is 11.5. The molecular weight excluding hydrogens is 481 g/mol. The maximum atomic E-state index is 14.1. The van der Waals surface area contributed by atoms with Crippen LogP contribution in [0.4, 0.5) is 10.1 Å². The van der Waals surface area contributed by atoms with Gasteiger partial charge in [-0.15, -0.1) is 0 Å². The van der Waals surface area contributed by atoms with Crippen molar-refractivity contribution in [2.24, 2.45) is 0 Å². The number of carbonyl (C=O) groups is 2. The summed E-state index contributed by atoms with van der Waals surface area (Å²) in [5.41, 5.74) is 2.84. The van der Waals surface area contributed by atoms with Gasteiger partial charge in [0.25, 0.3) is 0 Å². The van der Waals surface area contributed by atoms with E-state index in [2.05, 4.69) is 10.3 Å². The molecule has 1 heterocycles. The summed E-state index contributed by atoms with van der Waals surface area (Å²) in [4.78, 5) is 32.8. The third-order valence-electron chi connectivity index (χ3n) is 7.26. The second-order valence-electron chi connectivity index (χ2n) is 9.80. The summed E-state index contributed by atoms with van der Waals surface area (Å²) < 4.78 is 19.3. The fourth-order valence-corrected chi connectivity index (χ4v) is 5.31. The minimum atomic E-state index is -0.984. The number of benzene rings is 3. The lowest BCUT2D eigenvalue weighted by Gasteiger charge is -2.33. The zero-order valence-corrected chi connectivity index (χ0v) is 21.5. The van der Waals surface area contributed by atoms with Crippen LogP contribution in [0.25, 0.3) is 10.9 Å². The van der Waals surface area contributed by atoms with Crippen LogP contribution in [0.5, 0.6) is 5.75 Å². The van der Waals surface area contributed by atoms with Gasteiger partial charge in [-0.2, -0.15) is 0 Å². The van der Waals surface area contributed by atoms with Crippen LogP contribution < -0.4 is 15.0 Å². The van der Waals surface area contributed by atoms with Crippen LogP contribution in [-0.2, 0) is 16.0 Å². The van der Waals surface area contributed by atoms with E-state index in [0.29, 0.717) is 17.0 Å². The number of ether oxygens (including phenoxy) is 1. The molecule has 5 rings (SSSR count). The van der Waals surface area contributed by atoms with Crippen molar-refractivity contribution in [2.45, 2.75) is 50.6 Å². The smallest absolute Gasteiger partial charge is 0.248 e. The summed E-state index contributed by atoms with van der Waals surface area (Å²) in [6, 6.07) is 19.8. The molecule has 38 heavy (non-hydrogen) atoms. The average molecular weight is 514 g/mol. The maximum Gasteiger partial charge on any atom is 0.248 e. The molecule has 0 saturated heterocycles. The van der Waals surface area contributed by atoms with E-state index in [-0.39, 0.29) is 24.3 Å². The van der Waals surface area contributed by atoms with Crippen LogP contribution in [-0.4, -0.2) is 29.9 Å². The van der Waals surface area contributed by atoms with Crippen molar-refractivity contribution in [1.82, 2.24) is 10.3 Å². The number of nitrogens with one attached hydrogen (secondary N) is 2. The van der Waals surface area contributed by atoms with Crippen molar-refractivity contribution in [1.29, 1.82) is 0 Å². The van der Waals surface area contributed by atoms with Crippen LogP contribution in [0, 0.1) is 5.82 Å². The second-order valence-corrected chi connectivity index (χ2v) is 9.80. The number of anilines is 1. The van der Waals surface area contributed by atoms with Crippen molar-refractivity contribution >= 4 is 28.4 Å². The van der Waals surface area contributed by atoms with E-state index in [0.717, 1.165) is 48.6 Å². The van der Waals surface area contributed by atoms with E-state index in [1.165, 1.54) is 17.0 Å². The number of rotatable bonds is 8. The molecule has 0 radical (unpaired) electrons. The van der Waals surface area contributed by atoms with Crippen molar-refractivity contribution in [3.05, 3.63) is 95.9 Å². The molecule has 2 amide bonds. The number of methoxy groups -OCH3 is 1. The van der Waals surface area contributed by atoms with Crippen LogP contribution in [0.2, 0.25) is 0 Å². The number of nitrogens with zero attached hydrogens (tertiary/aromatic N) is 1. The molecule has 0 aliphatic heterocycles. The van der Waals surface area contributed by atoms with Gasteiger partial charge in [0.2, 0.25) is 11.8 Å². The molecule has 6 nitrogen and oxygen atoms in total. The number of para-hydroxylation sites is 1. The Kier molecular flexibility index (Phi) is 7.73. The van der Waals surface area contributed by atoms with Gasteiger partial charge in [0.15, 0.2) is 0 Å². The van der Waals surface area contributed by atoms with Gasteiger partial charge in [-0.25, -0.2) is 4.39 Å². The van der Waals surface area contributed by atoms with E-state index >= 15 is 0 Å². The van der Waals surface area contributed by atoms with E-state index in [1.807, 2.05) is 30.5 Å². The van der Waals surface area contributed by atoms with E-state index in [1.54, 1.807) is 43.5 Å². The van der Waals surface area contributed by atoms with Crippen LogP contribution >= 0.6 is 0 Å². The topological polar surface area (TPSA) is 74.4 Å². The lowest BCUT2D eigenvalue weighted by Crippen LogP contribution is -2.47. The lowest BCUT2D eigenvalue weighted by atomic mass is 9.94. The van der Waals surface area contributed by atoms with Gasteiger partial charge in [0.05, 0.1) is 13.5 Å². The van der Waals surface area contributed by atoms with Gasteiger partial charge in [0.1, 0.15) is 17.6 Å². The maximum absolute atomic E-state index is 14.1. The minimum absolute atomic E-state index is 0.0510. The number of H-pyrrole nitrogens is 1. The molecule has 1 atom stereocenters. The number of halogens is 1. The number of aromatic nitrogens is 1. The molecule has 1 saturated carbocycles.